The first kappa shape index (κ1) is 48.1. The van der Waals surface area contributed by atoms with E-state index in [0.717, 1.165) is 34.4 Å². The average Bonchev–Trinajstić information content (AvgIpc) is 3.22. The van der Waals surface area contributed by atoms with Gasteiger partial charge in [-0.3, -0.25) is 0 Å². The van der Waals surface area contributed by atoms with Crippen LogP contribution in [0, 0.1) is 6.92 Å². The number of rotatable bonds is 9. The third-order valence-electron chi connectivity index (χ3n) is 10.4. The van der Waals surface area contributed by atoms with Gasteiger partial charge in [-0.05, 0) is 97.5 Å². The summed E-state index contributed by atoms with van der Waals surface area (Å²) in [5.41, 5.74) is 5.00. The van der Waals surface area contributed by atoms with E-state index in [4.69, 9.17) is 0 Å². The zero-order valence-corrected chi connectivity index (χ0v) is 40.2. The fourth-order valence-corrected chi connectivity index (χ4v) is 8.70. The SMILES string of the molecule is CC1=C(N=Nc2cc(S(=O)(=O)[O-])c3cccc(O)c3c2O)CCC(c2ccc(N=Nc3ccc(N=Nc4cc(S(=O)(=O)[O-])c5cccc(O)c5c4O)c4ccccc34)c(C)c2)=C1.[Na+].[Na+]. The molecule has 20 heteroatoms. The molecule has 0 aromatic heterocycles. The van der Waals surface area contributed by atoms with Gasteiger partial charge in [0.15, 0.2) is 11.5 Å². The number of fused-ring (bicyclic) bond motifs is 3. The van der Waals surface area contributed by atoms with Crippen LogP contribution in [-0.4, -0.2) is 46.4 Å². The number of nitrogens with zero attached hydrogens (tertiary/aromatic N) is 6. The van der Waals surface area contributed by atoms with Gasteiger partial charge in [-0.1, -0.05) is 60.7 Å². The van der Waals surface area contributed by atoms with E-state index >= 15 is 0 Å². The summed E-state index contributed by atoms with van der Waals surface area (Å²) in [5.74, 6) is -1.92. The Hall–Kier alpha value is -5.38. The molecule has 4 N–H and O–H groups in total. The first-order chi connectivity index (χ1) is 29.5. The third-order valence-corrected chi connectivity index (χ3v) is 12.1. The minimum Gasteiger partial charge on any atom is -0.744 e. The molecule has 0 atom stereocenters. The normalized spacial score (nSPS) is 13.6. The van der Waals surface area contributed by atoms with Crippen molar-refractivity contribution in [3.63, 3.8) is 0 Å². The summed E-state index contributed by atoms with van der Waals surface area (Å²) in [4.78, 5) is -1.31. The molecule has 0 bridgehead atoms. The van der Waals surface area contributed by atoms with Crippen molar-refractivity contribution in [1.29, 1.82) is 0 Å². The van der Waals surface area contributed by atoms with Crippen LogP contribution in [0.5, 0.6) is 23.0 Å². The molecule has 0 saturated carbocycles. The summed E-state index contributed by atoms with van der Waals surface area (Å²) >= 11 is 0. The first-order valence-corrected chi connectivity index (χ1v) is 21.5. The first-order valence-electron chi connectivity index (χ1n) is 18.6. The van der Waals surface area contributed by atoms with Crippen molar-refractivity contribution in [3.05, 3.63) is 132 Å². The number of aromatic hydroxyl groups is 4. The minimum absolute atomic E-state index is 0. The van der Waals surface area contributed by atoms with E-state index in [1.807, 2.05) is 50.3 Å². The molecule has 7 aromatic rings. The van der Waals surface area contributed by atoms with Gasteiger partial charge in [0.05, 0.1) is 43.3 Å². The molecule has 16 nitrogen and oxygen atoms in total. The monoisotopic (exact) mass is 914 g/mol. The zero-order chi connectivity index (χ0) is 44.1. The number of aryl methyl sites for hydroxylation is 1. The summed E-state index contributed by atoms with van der Waals surface area (Å²) in [7, 11) is -10.00. The fourth-order valence-electron chi connectivity index (χ4n) is 7.31. The molecule has 0 heterocycles. The van der Waals surface area contributed by atoms with Crippen LogP contribution in [0.4, 0.5) is 28.4 Å². The van der Waals surface area contributed by atoms with Gasteiger partial charge >= 0.3 is 59.1 Å². The fraction of sp³-hybridized carbons (Fsp3) is 0.0909. The van der Waals surface area contributed by atoms with E-state index < -0.39 is 53.0 Å². The molecule has 0 amide bonds. The Morgan fingerprint density at radius 3 is 1.41 bits per heavy atom. The maximum atomic E-state index is 12.1. The molecular formula is C44H32N6Na2O10S2. The van der Waals surface area contributed by atoms with E-state index in [1.54, 1.807) is 24.3 Å². The Morgan fingerprint density at radius 2 is 0.938 bits per heavy atom. The summed E-state index contributed by atoms with van der Waals surface area (Å²) in [6, 6.07) is 25.9. The topological polar surface area (TPSA) is 269 Å². The van der Waals surface area contributed by atoms with Crippen LogP contribution in [0.25, 0.3) is 37.9 Å². The van der Waals surface area contributed by atoms with Gasteiger partial charge in [0, 0.05) is 21.5 Å². The van der Waals surface area contributed by atoms with Gasteiger partial charge in [-0.25, -0.2) is 16.8 Å². The molecule has 64 heavy (non-hydrogen) atoms. The van der Waals surface area contributed by atoms with Crippen molar-refractivity contribution in [1.82, 2.24) is 0 Å². The number of phenols is 4. The summed E-state index contributed by atoms with van der Waals surface area (Å²) < 4.78 is 72.3. The molecule has 0 unspecified atom stereocenters. The standard InChI is InChI=1S/C44H34N6O10S2.2Na/c1-23-19-25(26-14-16-32(24(2)20-26)46-49-35-21-39(61(55,56)57)29-9-5-11-37(51)41(29)43(35)53)13-15-31(23)45-47-33-17-18-34(28-8-4-3-7-27(28)33)48-50-36-22-40(62(58,59)60)30-10-6-12-38(52)42(30)44(36)54;;/h3-13,15,17-22,51-54H,14,16H2,1-2H3,(H,55,56,57)(H,58,59,60);;/q;2*+1/p-2. The van der Waals surface area contributed by atoms with Gasteiger partial charge in [0.25, 0.3) is 0 Å². The van der Waals surface area contributed by atoms with Crippen LogP contribution in [0.1, 0.15) is 30.9 Å². The predicted octanol–water partition coefficient (Wildman–Crippen LogP) is 5.16. The van der Waals surface area contributed by atoms with E-state index in [1.165, 1.54) is 36.4 Å². The molecule has 7 aromatic carbocycles. The van der Waals surface area contributed by atoms with Gasteiger partial charge in [0.1, 0.15) is 43.1 Å². The smallest absolute Gasteiger partial charge is 0.744 e. The molecule has 1 aliphatic rings. The van der Waals surface area contributed by atoms with E-state index in [2.05, 4.69) is 30.7 Å². The number of hydrogen-bond acceptors (Lipinski definition) is 16. The molecular weight excluding hydrogens is 883 g/mol. The molecule has 0 aliphatic heterocycles. The van der Waals surface area contributed by atoms with Crippen LogP contribution in [0.3, 0.4) is 0 Å². The molecule has 0 saturated heterocycles. The van der Waals surface area contributed by atoms with Crippen LogP contribution >= 0.6 is 0 Å². The Bertz CT molecular complexity index is 3450. The van der Waals surface area contributed by atoms with Gasteiger partial charge < -0.3 is 29.5 Å². The minimum atomic E-state index is -5.02. The number of hydrogen-bond donors (Lipinski definition) is 4. The van der Waals surface area contributed by atoms with Crippen molar-refractivity contribution in [2.45, 2.75) is 36.5 Å². The van der Waals surface area contributed by atoms with Crippen molar-refractivity contribution >= 4 is 86.6 Å². The van der Waals surface area contributed by atoms with Gasteiger partial charge in [-0.15, -0.1) is 20.5 Å². The largest absolute Gasteiger partial charge is 1.00 e. The number of allylic oxidation sites excluding steroid dienone is 4. The molecule has 0 fully saturated rings. The number of phenolic OH excluding ortho intramolecular Hbond substituents is 4. The Morgan fingerprint density at radius 1 is 0.500 bits per heavy atom. The molecule has 0 spiro atoms. The van der Waals surface area contributed by atoms with Crippen LogP contribution in [0.2, 0.25) is 0 Å². The maximum Gasteiger partial charge on any atom is 1.00 e. The maximum absolute atomic E-state index is 12.1. The van der Waals surface area contributed by atoms with Crippen molar-refractivity contribution in [3.8, 4) is 23.0 Å². The second kappa shape index (κ2) is 19.0. The summed E-state index contributed by atoms with van der Waals surface area (Å²) in [6.07, 6.45) is 3.00. The zero-order valence-electron chi connectivity index (χ0n) is 34.5. The second-order valence-electron chi connectivity index (χ2n) is 14.3. The quantitative estimate of drug-likeness (QED) is 0.0839. The Labute approximate surface area is 410 Å². The molecule has 1 aliphatic carbocycles. The molecule has 312 valence electrons. The number of azo groups is 3. The van der Waals surface area contributed by atoms with Crippen LogP contribution < -0.4 is 59.1 Å². The summed E-state index contributed by atoms with van der Waals surface area (Å²) in [6.45, 7) is 3.75. The third kappa shape index (κ3) is 9.52. The van der Waals surface area contributed by atoms with Crippen molar-refractivity contribution in [2.75, 3.05) is 0 Å². The Kier molecular flexibility index (Phi) is 14.3. The summed E-state index contributed by atoms with van der Waals surface area (Å²) in [5, 5.41) is 68.7. The Balaban J connectivity index is 0.00000340. The van der Waals surface area contributed by atoms with Crippen molar-refractivity contribution in [2.24, 2.45) is 30.7 Å². The van der Waals surface area contributed by atoms with Gasteiger partial charge in [-0.2, -0.15) is 10.2 Å². The van der Waals surface area contributed by atoms with Crippen LogP contribution in [0.15, 0.2) is 161 Å². The second-order valence-corrected chi connectivity index (χ2v) is 17.0. The van der Waals surface area contributed by atoms with E-state index in [-0.39, 0.29) is 92.0 Å². The molecule has 0 radical (unpaired) electrons. The average molecular weight is 915 g/mol. The van der Waals surface area contributed by atoms with Crippen molar-refractivity contribution < 1.29 is 105 Å². The van der Waals surface area contributed by atoms with Gasteiger partial charge in [0.2, 0.25) is 0 Å². The van der Waals surface area contributed by atoms with Crippen LogP contribution in [-0.2, 0) is 20.2 Å². The molecule has 8 rings (SSSR count). The van der Waals surface area contributed by atoms with E-state index in [0.29, 0.717) is 46.4 Å². The van der Waals surface area contributed by atoms with E-state index in [9.17, 15) is 46.4 Å². The number of benzene rings is 7. The predicted molar refractivity (Wildman–Crippen MR) is 228 cm³/mol.